The van der Waals surface area contributed by atoms with Crippen LogP contribution in [0.2, 0.25) is 0 Å². The van der Waals surface area contributed by atoms with Crippen molar-refractivity contribution in [3.63, 3.8) is 0 Å². The van der Waals surface area contributed by atoms with Crippen molar-refractivity contribution in [2.75, 3.05) is 12.4 Å². The maximum absolute atomic E-state index is 12.1. The number of aromatic nitrogens is 2. The van der Waals surface area contributed by atoms with Gasteiger partial charge in [0.25, 0.3) is 0 Å². The second-order valence-electron chi connectivity index (χ2n) is 6.53. The average molecular weight is 354 g/mol. The van der Waals surface area contributed by atoms with Gasteiger partial charge in [0.05, 0.1) is 18.3 Å². The summed E-state index contributed by atoms with van der Waals surface area (Å²) in [6.45, 7) is 3.57. The summed E-state index contributed by atoms with van der Waals surface area (Å²) in [6.07, 6.45) is 3.83. The molecular weight excluding hydrogens is 332 g/mol. The van der Waals surface area contributed by atoms with Gasteiger partial charge in [-0.2, -0.15) is 0 Å². The van der Waals surface area contributed by atoms with Gasteiger partial charge in [0.15, 0.2) is 11.5 Å². The number of fused-ring (bicyclic) bond motifs is 1. The van der Waals surface area contributed by atoms with E-state index in [1.807, 2.05) is 35.0 Å². The van der Waals surface area contributed by atoms with E-state index in [2.05, 4.69) is 10.3 Å². The van der Waals surface area contributed by atoms with Crippen molar-refractivity contribution in [1.82, 2.24) is 9.38 Å². The third-order valence-electron chi connectivity index (χ3n) is 3.80. The Morgan fingerprint density at radius 1 is 1.27 bits per heavy atom. The minimum Gasteiger partial charge on any atom is -0.493 e. The summed E-state index contributed by atoms with van der Waals surface area (Å²) in [5, 5.41) is 2.77. The van der Waals surface area contributed by atoms with Gasteiger partial charge in [0, 0.05) is 24.1 Å². The maximum Gasteiger partial charge on any atom is 0.243 e. The molecule has 0 fully saturated rings. The van der Waals surface area contributed by atoms with Gasteiger partial charge in [-0.15, -0.1) is 0 Å². The van der Waals surface area contributed by atoms with E-state index in [0.29, 0.717) is 17.2 Å². The Kier molecular flexibility index (Phi) is 4.81. The van der Waals surface area contributed by atoms with Crippen LogP contribution in [0.5, 0.6) is 11.5 Å². The Labute approximate surface area is 151 Å². The molecule has 26 heavy (non-hydrogen) atoms. The zero-order valence-electron chi connectivity index (χ0n) is 15.0. The number of hydrogen-bond acceptors (Lipinski definition) is 5. The predicted molar refractivity (Wildman–Crippen MR) is 99.4 cm³/mol. The van der Waals surface area contributed by atoms with Gasteiger partial charge in [0.2, 0.25) is 5.91 Å². The molecule has 0 bridgehead atoms. The zero-order chi connectivity index (χ0) is 18.7. The van der Waals surface area contributed by atoms with Crippen molar-refractivity contribution >= 4 is 17.2 Å². The average Bonchev–Trinajstić information content (AvgIpc) is 3.02. The molecule has 0 saturated heterocycles. The number of methoxy groups -OCH3 is 1. The van der Waals surface area contributed by atoms with E-state index in [0.717, 1.165) is 11.3 Å². The molecule has 2 aromatic heterocycles. The number of nitrogens with zero attached hydrogens (tertiary/aromatic N) is 2. The third-order valence-corrected chi connectivity index (χ3v) is 3.80. The van der Waals surface area contributed by atoms with Gasteiger partial charge in [-0.3, -0.25) is 4.79 Å². The quantitative estimate of drug-likeness (QED) is 0.710. The molecule has 0 spiro atoms. The lowest BCUT2D eigenvalue weighted by Gasteiger charge is -2.18. The van der Waals surface area contributed by atoms with E-state index in [-0.39, 0.29) is 12.5 Å². The third kappa shape index (κ3) is 3.94. The fourth-order valence-corrected chi connectivity index (χ4v) is 2.37. The number of rotatable bonds is 6. The molecule has 0 radical (unpaired) electrons. The van der Waals surface area contributed by atoms with E-state index in [1.165, 1.54) is 0 Å². The number of anilines is 1. The summed E-state index contributed by atoms with van der Waals surface area (Å²) >= 11 is 0. The number of ether oxygens (including phenoxy) is 2. The molecule has 0 atom stereocenters. The Balaban J connectivity index is 1.77. The summed E-state index contributed by atoms with van der Waals surface area (Å²) in [7, 11) is 1.56. The lowest BCUT2D eigenvalue weighted by atomic mass is 10.1. The van der Waals surface area contributed by atoms with E-state index in [9.17, 15) is 4.79 Å². The number of imidazole rings is 1. The van der Waals surface area contributed by atoms with Crippen LogP contribution in [-0.4, -0.2) is 27.9 Å². The highest BCUT2D eigenvalue weighted by atomic mass is 16.5. The molecule has 1 aromatic carbocycles. The molecule has 3 N–H and O–H groups in total. The van der Waals surface area contributed by atoms with Crippen LogP contribution in [0.15, 0.2) is 48.8 Å². The van der Waals surface area contributed by atoms with E-state index in [1.54, 1.807) is 39.2 Å². The van der Waals surface area contributed by atoms with Gasteiger partial charge < -0.3 is 24.9 Å². The molecule has 7 nitrogen and oxygen atoms in total. The number of nitrogens with two attached hydrogens (primary N) is 1. The monoisotopic (exact) mass is 354 g/mol. The molecule has 3 aromatic rings. The highest BCUT2D eigenvalue weighted by Gasteiger charge is 2.22. The first-order chi connectivity index (χ1) is 12.4. The van der Waals surface area contributed by atoms with Crippen LogP contribution < -0.4 is 20.5 Å². The lowest BCUT2D eigenvalue weighted by Crippen LogP contribution is -2.45. The van der Waals surface area contributed by atoms with E-state index in [4.69, 9.17) is 15.2 Å². The van der Waals surface area contributed by atoms with Gasteiger partial charge in [-0.25, -0.2) is 4.98 Å². The van der Waals surface area contributed by atoms with Crippen LogP contribution in [-0.2, 0) is 11.4 Å². The van der Waals surface area contributed by atoms with Crippen LogP contribution in [0, 0.1) is 0 Å². The van der Waals surface area contributed by atoms with Gasteiger partial charge in [0.1, 0.15) is 12.3 Å². The molecule has 0 saturated carbocycles. The highest BCUT2D eigenvalue weighted by Crippen LogP contribution is 2.31. The van der Waals surface area contributed by atoms with Crippen molar-refractivity contribution in [3.8, 4) is 11.5 Å². The number of benzene rings is 1. The SMILES string of the molecule is COc1ccc(NC(=O)C(C)(C)N)cc1OCc1cn2ccccc2n1. The van der Waals surface area contributed by atoms with Crippen LogP contribution in [0.25, 0.3) is 5.65 Å². The Morgan fingerprint density at radius 2 is 2.08 bits per heavy atom. The number of pyridine rings is 1. The summed E-state index contributed by atoms with van der Waals surface area (Å²) in [5.41, 5.74) is 7.06. The number of carbonyl (C=O) groups excluding carboxylic acids is 1. The van der Waals surface area contributed by atoms with Crippen molar-refractivity contribution in [2.45, 2.75) is 26.0 Å². The van der Waals surface area contributed by atoms with Gasteiger partial charge in [-0.1, -0.05) is 6.07 Å². The van der Waals surface area contributed by atoms with Crippen LogP contribution in [0.1, 0.15) is 19.5 Å². The van der Waals surface area contributed by atoms with Crippen LogP contribution in [0.4, 0.5) is 5.69 Å². The topological polar surface area (TPSA) is 90.9 Å². The second-order valence-corrected chi connectivity index (χ2v) is 6.53. The number of amides is 1. The van der Waals surface area contributed by atoms with Crippen molar-refractivity contribution < 1.29 is 14.3 Å². The first-order valence-electron chi connectivity index (χ1n) is 8.20. The molecule has 0 unspecified atom stereocenters. The first kappa shape index (κ1) is 17.8. The summed E-state index contributed by atoms with van der Waals surface area (Å²) in [6, 6.07) is 11.0. The fourth-order valence-electron chi connectivity index (χ4n) is 2.37. The summed E-state index contributed by atoms with van der Waals surface area (Å²) in [4.78, 5) is 16.6. The Bertz CT molecular complexity index is 895. The first-order valence-corrected chi connectivity index (χ1v) is 8.20. The molecule has 0 aliphatic heterocycles. The zero-order valence-corrected chi connectivity index (χ0v) is 15.0. The standard InChI is InChI=1S/C19H22N4O3/c1-19(2,20)18(24)22-13-7-8-15(25-3)16(10-13)26-12-14-11-23-9-5-4-6-17(23)21-14/h4-11H,12,20H2,1-3H3,(H,22,24). The number of nitrogens with one attached hydrogen (secondary N) is 1. The summed E-state index contributed by atoms with van der Waals surface area (Å²) < 4.78 is 13.1. The molecule has 3 rings (SSSR count). The van der Waals surface area contributed by atoms with Gasteiger partial charge >= 0.3 is 0 Å². The molecular formula is C19H22N4O3. The van der Waals surface area contributed by atoms with Crippen molar-refractivity contribution in [1.29, 1.82) is 0 Å². The lowest BCUT2D eigenvalue weighted by molar-refractivity contribution is -0.120. The fraction of sp³-hybridized carbons (Fsp3) is 0.263. The van der Waals surface area contributed by atoms with Crippen LogP contribution >= 0.6 is 0 Å². The summed E-state index contributed by atoms with van der Waals surface area (Å²) in [5.74, 6) is 0.796. The Hall–Kier alpha value is -3.06. The van der Waals surface area contributed by atoms with Crippen molar-refractivity contribution in [3.05, 3.63) is 54.5 Å². The van der Waals surface area contributed by atoms with E-state index >= 15 is 0 Å². The molecule has 136 valence electrons. The Morgan fingerprint density at radius 3 is 2.77 bits per heavy atom. The van der Waals surface area contributed by atoms with Crippen LogP contribution in [0.3, 0.4) is 0 Å². The predicted octanol–water partition coefficient (Wildman–Crippen LogP) is 2.60. The molecule has 7 heteroatoms. The molecule has 0 aliphatic carbocycles. The van der Waals surface area contributed by atoms with Crippen molar-refractivity contribution in [2.24, 2.45) is 5.73 Å². The molecule has 2 heterocycles. The highest BCUT2D eigenvalue weighted by molar-refractivity contribution is 5.97. The largest absolute Gasteiger partial charge is 0.493 e. The van der Waals surface area contributed by atoms with Gasteiger partial charge in [-0.05, 0) is 38.1 Å². The number of carbonyl (C=O) groups is 1. The number of hydrogen-bond donors (Lipinski definition) is 2. The minimum atomic E-state index is -0.975. The second kappa shape index (κ2) is 7.05. The molecule has 0 aliphatic rings. The molecule has 1 amide bonds. The normalized spacial score (nSPS) is 11.4. The maximum atomic E-state index is 12.1. The smallest absolute Gasteiger partial charge is 0.243 e. The van der Waals surface area contributed by atoms with E-state index < -0.39 is 5.54 Å². The minimum absolute atomic E-state index is 0.276.